The molecule has 24 heavy (non-hydrogen) atoms. The summed E-state index contributed by atoms with van der Waals surface area (Å²) in [4.78, 5) is 4.44. The van der Waals surface area contributed by atoms with Crippen molar-refractivity contribution in [2.45, 2.75) is 44.7 Å². The molecule has 0 bridgehead atoms. The summed E-state index contributed by atoms with van der Waals surface area (Å²) in [7, 11) is -3.56. The third kappa shape index (κ3) is 4.15. The third-order valence-electron chi connectivity index (χ3n) is 3.47. The maximum atomic E-state index is 12.8. The van der Waals surface area contributed by atoms with Crippen LogP contribution in [0.15, 0.2) is 52.0 Å². The molecule has 0 atom stereocenters. The van der Waals surface area contributed by atoms with Crippen molar-refractivity contribution in [3.63, 3.8) is 0 Å². The van der Waals surface area contributed by atoms with E-state index >= 15 is 0 Å². The summed E-state index contributed by atoms with van der Waals surface area (Å²) in [6.07, 6.45) is 1.40. The fourth-order valence-corrected chi connectivity index (χ4v) is 4.74. The molecule has 1 aromatic heterocycles. The molecule has 130 valence electrons. The number of anilines is 2. The fourth-order valence-electron chi connectivity index (χ4n) is 2.58. The minimum atomic E-state index is -3.56. The molecule has 1 aromatic carbocycles. The Morgan fingerprint density at radius 2 is 1.67 bits per heavy atom. The highest BCUT2D eigenvalue weighted by molar-refractivity contribution is 9.10. The van der Waals surface area contributed by atoms with E-state index in [1.807, 2.05) is 52.0 Å². The first-order valence-corrected chi connectivity index (χ1v) is 9.98. The lowest BCUT2D eigenvalue weighted by Crippen LogP contribution is -2.41. The summed E-state index contributed by atoms with van der Waals surface area (Å²) in [6.45, 7) is 7.48. The van der Waals surface area contributed by atoms with Gasteiger partial charge in [-0.1, -0.05) is 12.1 Å². The fraction of sp³-hybridized carbons (Fsp3) is 0.353. The Morgan fingerprint density at radius 1 is 1.04 bits per heavy atom. The second kappa shape index (κ2) is 7.63. The van der Waals surface area contributed by atoms with E-state index in [2.05, 4.69) is 26.2 Å². The molecule has 5 nitrogen and oxygen atoms in total. The zero-order valence-corrected chi connectivity index (χ0v) is 16.6. The van der Waals surface area contributed by atoms with Crippen LogP contribution in [0.25, 0.3) is 0 Å². The van der Waals surface area contributed by atoms with E-state index in [9.17, 15) is 8.42 Å². The van der Waals surface area contributed by atoms with Crippen LogP contribution in [-0.4, -0.2) is 29.8 Å². The number of halogens is 1. The summed E-state index contributed by atoms with van der Waals surface area (Å²) in [5.41, 5.74) is 0.867. The number of hydrogen-bond donors (Lipinski definition) is 1. The van der Waals surface area contributed by atoms with Gasteiger partial charge in [0, 0.05) is 22.8 Å². The van der Waals surface area contributed by atoms with E-state index in [1.54, 1.807) is 12.1 Å². The lowest BCUT2D eigenvalue weighted by molar-refractivity contribution is 0.302. The Morgan fingerprint density at radius 3 is 2.17 bits per heavy atom. The quantitative estimate of drug-likeness (QED) is 0.764. The minimum absolute atomic E-state index is 0.118. The molecule has 0 saturated heterocycles. The average molecular weight is 412 g/mol. The van der Waals surface area contributed by atoms with E-state index in [1.165, 1.54) is 10.5 Å². The van der Waals surface area contributed by atoms with Crippen LogP contribution in [-0.2, 0) is 10.0 Å². The van der Waals surface area contributed by atoms with Crippen LogP contribution in [0.2, 0.25) is 0 Å². The summed E-state index contributed by atoms with van der Waals surface area (Å²) in [6, 6.07) is 10.7. The van der Waals surface area contributed by atoms with E-state index in [0.29, 0.717) is 5.82 Å². The summed E-state index contributed by atoms with van der Waals surface area (Å²) in [5, 5.41) is 3.16. The van der Waals surface area contributed by atoms with E-state index in [4.69, 9.17) is 0 Å². The van der Waals surface area contributed by atoms with Crippen molar-refractivity contribution in [1.82, 2.24) is 9.29 Å². The molecule has 0 radical (unpaired) electrons. The first-order chi connectivity index (χ1) is 11.2. The summed E-state index contributed by atoms with van der Waals surface area (Å²) >= 11 is 3.46. The molecule has 0 spiro atoms. The third-order valence-corrected chi connectivity index (χ3v) is 6.39. The molecule has 0 fully saturated rings. The van der Waals surface area contributed by atoms with Gasteiger partial charge >= 0.3 is 0 Å². The van der Waals surface area contributed by atoms with Gasteiger partial charge in [-0.25, -0.2) is 13.4 Å². The normalized spacial score (nSPS) is 12.2. The number of nitrogens with zero attached hydrogens (tertiary/aromatic N) is 2. The Labute approximate surface area is 152 Å². The van der Waals surface area contributed by atoms with Gasteiger partial charge in [-0.3, -0.25) is 0 Å². The number of aromatic nitrogens is 1. The molecule has 2 rings (SSSR count). The van der Waals surface area contributed by atoms with Crippen molar-refractivity contribution in [3.8, 4) is 0 Å². The second-order valence-electron chi connectivity index (χ2n) is 6.01. The molecule has 0 saturated carbocycles. The Kier molecular flexibility index (Phi) is 6.01. The van der Waals surface area contributed by atoms with Crippen molar-refractivity contribution in [2.75, 3.05) is 5.32 Å². The van der Waals surface area contributed by atoms with Gasteiger partial charge in [-0.05, 0) is 67.9 Å². The first kappa shape index (κ1) is 18.9. The number of hydrogen-bond acceptors (Lipinski definition) is 4. The maximum Gasteiger partial charge on any atom is 0.245 e. The number of rotatable bonds is 6. The van der Waals surface area contributed by atoms with Crippen molar-refractivity contribution in [3.05, 3.63) is 47.1 Å². The average Bonchev–Trinajstić information content (AvgIpc) is 2.49. The predicted molar refractivity (Wildman–Crippen MR) is 101 cm³/mol. The van der Waals surface area contributed by atoms with Gasteiger partial charge in [-0.15, -0.1) is 0 Å². The Hall–Kier alpha value is -1.44. The molecule has 1 N–H and O–H groups in total. The first-order valence-electron chi connectivity index (χ1n) is 7.74. The zero-order chi connectivity index (χ0) is 17.9. The van der Waals surface area contributed by atoms with Crippen LogP contribution >= 0.6 is 15.9 Å². The van der Waals surface area contributed by atoms with Crippen molar-refractivity contribution < 1.29 is 8.42 Å². The van der Waals surface area contributed by atoms with Gasteiger partial charge in [0.15, 0.2) is 0 Å². The summed E-state index contributed by atoms with van der Waals surface area (Å²) in [5.74, 6) is 0.585. The maximum absolute atomic E-state index is 12.8. The van der Waals surface area contributed by atoms with Crippen LogP contribution < -0.4 is 5.32 Å². The van der Waals surface area contributed by atoms with Gasteiger partial charge in [0.05, 0.1) is 5.69 Å². The Bertz CT molecular complexity index is 782. The molecule has 0 aliphatic heterocycles. The van der Waals surface area contributed by atoms with Crippen LogP contribution in [0, 0.1) is 0 Å². The highest BCUT2D eigenvalue weighted by Gasteiger charge is 2.29. The van der Waals surface area contributed by atoms with Crippen LogP contribution in [0.1, 0.15) is 27.7 Å². The van der Waals surface area contributed by atoms with Crippen LogP contribution in [0.5, 0.6) is 0 Å². The van der Waals surface area contributed by atoms with Gasteiger partial charge in [0.1, 0.15) is 10.7 Å². The molecule has 0 amide bonds. The van der Waals surface area contributed by atoms with Gasteiger partial charge in [-0.2, -0.15) is 4.31 Å². The monoisotopic (exact) mass is 411 g/mol. The molecule has 7 heteroatoms. The van der Waals surface area contributed by atoms with Gasteiger partial charge in [0.2, 0.25) is 10.0 Å². The van der Waals surface area contributed by atoms with Crippen molar-refractivity contribution in [1.29, 1.82) is 0 Å². The smallest absolute Gasteiger partial charge is 0.245 e. The number of sulfonamides is 1. The molecule has 1 heterocycles. The Balaban J connectivity index is 2.27. The SMILES string of the molecule is CC(C)N(C(C)C)S(=O)(=O)c1ccc(Nc2ccccc2Br)nc1. The number of benzene rings is 1. The molecule has 0 aliphatic rings. The second-order valence-corrected chi connectivity index (χ2v) is 8.70. The number of pyridine rings is 1. The lowest BCUT2D eigenvalue weighted by Gasteiger charge is -2.29. The zero-order valence-electron chi connectivity index (χ0n) is 14.2. The molecule has 2 aromatic rings. The number of para-hydroxylation sites is 1. The van der Waals surface area contributed by atoms with Crippen LogP contribution in [0.4, 0.5) is 11.5 Å². The van der Waals surface area contributed by atoms with Crippen molar-refractivity contribution in [2.24, 2.45) is 0 Å². The molecular weight excluding hydrogens is 390 g/mol. The van der Waals surface area contributed by atoms with Gasteiger partial charge < -0.3 is 5.32 Å². The highest BCUT2D eigenvalue weighted by atomic mass is 79.9. The van der Waals surface area contributed by atoms with Gasteiger partial charge in [0.25, 0.3) is 0 Å². The van der Waals surface area contributed by atoms with E-state index in [-0.39, 0.29) is 17.0 Å². The summed E-state index contributed by atoms with van der Waals surface area (Å²) < 4.78 is 28.0. The molecule has 0 unspecified atom stereocenters. The standard InChI is InChI=1S/C17H22BrN3O2S/c1-12(2)21(13(3)4)24(22,23)14-9-10-17(19-11-14)20-16-8-6-5-7-15(16)18/h5-13H,1-4H3,(H,19,20). The van der Waals surface area contributed by atoms with E-state index in [0.717, 1.165) is 10.2 Å². The molecule has 0 aliphatic carbocycles. The minimum Gasteiger partial charge on any atom is -0.339 e. The topological polar surface area (TPSA) is 62.3 Å². The van der Waals surface area contributed by atoms with Crippen LogP contribution in [0.3, 0.4) is 0 Å². The number of nitrogens with one attached hydrogen (secondary N) is 1. The highest BCUT2D eigenvalue weighted by Crippen LogP contribution is 2.26. The van der Waals surface area contributed by atoms with Crippen molar-refractivity contribution >= 4 is 37.5 Å². The lowest BCUT2D eigenvalue weighted by atomic mass is 10.3. The molecular formula is C17H22BrN3O2S. The largest absolute Gasteiger partial charge is 0.339 e. The van der Waals surface area contributed by atoms with E-state index < -0.39 is 10.0 Å². The predicted octanol–water partition coefficient (Wildman–Crippen LogP) is 4.40.